The number of carbonyl (C=O) groups excluding carboxylic acids is 1. The summed E-state index contributed by atoms with van der Waals surface area (Å²) in [6.45, 7) is 4.00. The fraction of sp³-hybridized carbons (Fsp3) is 0.160. The Morgan fingerprint density at radius 2 is 1.88 bits per heavy atom. The average Bonchev–Trinajstić information content (AvgIpc) is 3.52. The summed E-state index contributed by atoms with van der Waals surface area (Å²) in [6, 6.07) is 18.6. The molecular weight excluding hydrogens is 456 g/mol. The molecule has 1 unspecified atom stereocenters. The Balaban J connectivity index is 1.64. The van der Waals surface area contributed by atoms with Crippen LogP contribution in [-0.2, 0) is 6.42 Å². The van der Waals surface area contributed by atoms with E-state index in [1.54, 1.807) is 28.4 Å². The number of aryl methyl sites for hydroxylation is 1. The van der Waals surface area contributed by atoms with Crippen LogP contribution < -0.4 is 10.2 Å². The lowest BCUT2D eigenvalue weighted by atomic mass is 9.94. The first-order valence-electron chi connectivity index (χ1n) is 10.6. The summed E-state index contributed by atoms with van der Waals surface area (Å²) in [6.07, 6.45) is 0.929. The zero-order valence-electron chi connectivity index (χ0n) is 18.1. The van der Waals surface area contributed by atoms with Crippen molar-refractivity contribution in [3.63, 3.8) is 0 Å². The van der Waals surface area contributed by atoms with Crippen LogP contribution in [0.1, 0.15) is 36.9 Å². The number of carbonyl (C=O) groups is 1. The van der Waals surface area contributed by atoms with Crippen LogP contribution in [0, 0.1) is 0 Å². The van der Waals surface area contributed by atoms with Gasteiger partial charge in [0, 0.05) is 10.7 Å². The van der Waals surface area contributed by atoms with E-state index in [4.69, 9.17) is 16.1 Å². The first-order chi connectivity index (χ1) is 16.0. The first kappa shape index (κ1) is 21.4. The first-order valence-corrected chi connectivity index (χ1v) is 11.8. The quantitative estimate of drug-likeness (QED) is 0.347. The molecule has 166 valence electrons. The molecule has 0 fully saturated rings. The van der Waals surface area contributed by atoms with Crippen molar-refractivity contribution in [1.29, 1.82) is 0 Å². The number of hydrogen-bond acceptors (Lipinski definition) is 5. The SMILES string of the molecule is CCc1ccc(N2C(=O)NC(c3ccc(Cl)cc3)C(c3nc(-c4cccs4)no3)=C2C)cc1. The number of allylic oxidation sites excluding steroid dienone is 1. The topological polar surface area (TPSA) is 71.3 Å². The van der Waals surface area contributed by atoms with Crippen LogP contribution in [0.4, 0.5) is 10.5 Å². The molecule has 0 spiro atoms. The highest BCUT2D eigenvalue weighted by atomic mass is 35.5. The summed E-state index contributed by atoms with van der Waals surface area (Å²) >= 11 is 7.64. The lowest BCUT2D eigenvalue weighted by Crippen LogP contribution is -2.46. The Morgan fingerprint density at radius 3 is 2.55 bits per heavy atom. The molecule has 0 saturated heterocycles. The van der Waals surface area contributed by atoms with Gasteiger partial charge in [-0.25, -0.2) is 4.79 Å². The highest BCUT2D eigenvalue weighted by Gasteiger charge is 2.36. The molecule has 2 aromatic carbocycles. The maximum Gasteiger partial charge on any atom is 0.326 e. The fourth-order valence-electron chi connectivity index (χ4n) is 3.96. The highest BCUT2D eigenvalue weighted by molar-refractivity contribution is 7.13. The molecule has 3 heterocycles. The Labute approximate surface area is 200 Å². The van der Waals surface area contributed by atoms with Gasteiger partial charge in [0.15, 0.2) is 0 Å². The number of amides is 2. The molecule has 1 N–H and O–H groups in total. The maximum atomic E-state index is 13.3. The molecule has 8 heteroatoms. The standard InChI is InChI=1S/C25H21ClN4O2S/c1-3-16-6-12-19(13-7-16)30-15(2)21(24-28-23(29-32-24)20-5-4-14-33-20)22(27-25(30)31)17-8-10-18(26)11-9-17/h4-14,22H,3H2,1-2H3,(H,27,31). The second-order valence-corrected chi connectivity index (χ2v) is 9.07. The minimum atomic E-state index is -0.461. The van der Waals surface area contributed by atoms with Crippen LogP contribution in [0.15, 0.2) is 76.3 Å². The largest absolute Gasteiger partial charge is 0.334 e. The smallest absolute Gasteiger partial charge is 0.326 e. The fourth-order valence-corrected chi connectivity index (χ4v) is 4.73. The van der Waals surface area contributed by atoms with Gasteiger partial charge in [-0.15, -0.1) is 11.3 Å². The number of nitrogens with zero attached hydrogens (tertiary/aromatic N) is 3. The van der Waals surface area contributed by atoms with Crippen LogP contribution in [0.3, 0.4) is 0 Å². The predicted molar refractivity (Wildman–Crippen MR) is 131 cm³/mol. The Kier molecular flexibility index (Phi) is 5.74. The van der Waals surface area contributed by atoms with Gasteiger partial charge >= 0.3 is 6.03 Å². The van der Waals surface area contributed by atoms with E-state index in [0.29, 0.717) is 16.7 Å². The molecule has 0 saturated carbocycles. The third-order valence-corrected chi connectivity index (χ3v) is 6.81. The number of benzene rings is 2. The summed E-state index contributed by atoms with van der Waals surface area (Å²) < 4.78 is 5.71. The van der Waals surface area contributed by atoms with Gasteiger partial charge in [-0.05, 0) is 60.2 Å². The number of urea groups is 1. The van der Waals surface area contributed by atoms with Crippen molar-refractivity contribution < 1.29 is 9.32 Å². The second kappa shape index (κ2) is 8.84. The number of hydrogen-bond donors (Lipinski definition) is 1. The Hall–Kier alpha value is -3.42. The third-order valence-electron chi connectivity index (χ3n) is 5.69. The number of anilines is 1. The van der Waals surface area contributed by atoms with Crippen molar-refractivity contribution in [2.24, 2.45) is 0 Å². The van der Waals surface area contributed by atoms with Crippen molar-refractivity contribution in [2.45, 2.75) is 26.3 Å². The van der Waals surface area contributed by atoms with Gasteiger partial charge in [0.1, 0.15) is 0 Å². The molecule has 1 aliphatic heterocycles. The van der Waals surface area contributed by atoms with E-state index in [9.17, 15) is 4.79 Å². The van der Waals surface area contributed by atoms with E-state index in [1.807, 2.05) is 60.8 Å². The second-order valence-electron chi connectivity index (χ2n) is 7.69. The van der Waals surface area contributed by atoms with Gasteiger partial charge in [0.05, 0.1) is 22.2 Å². The van der Waals surface area contributed by atoms with E-state index >= 15 is 0 Å². The van der Waals surface area contributed by atoms with Crippen LogP contribution in [0.5, 0.6) is 0 Å². The van der Waals surface area contributed by atoms with E-state index in [-0.39, 0.29) is 6.03 Å². The van der Waals surface area contributed by atoms with Crippen molar-refractivity contribution >= 4 is 40.2 Å². The summed E-state index contributed by atoms with van der Waals surface area (Å²) in [5.41, 5.74) is 4.32. The third kappa shape index (κ3) is 4.05. The van der Waals surface area contributed by atoms with E-state index in [1.165, 1.54) is 5.56 Å². The van der Waals surface area contributed by atoms with Gasteiger partial charge in [-0.3, -0.25) is 4.90 Å². The molecule has 1 atom stereocenters. The van der Waals surface area contributed by atoms with Crippen LogP contribution >= 0.6 is 22.9 Å². The number of aromatic nitrogens is 2. The van der Waals surface area contributed by atoms with E-state index in [0.717, 1.165) is 33.8 Å². The monoisotopic (exact) mass is 476 g/mol. The molecule has 2 aromatic heterocycles. The van der Waals surface area contributed by atoms with E-state index in [2.05, 4.69) is 22.4 Å². The van der Waals surface area contributed by atoms with E-state index < -0.39 is 6.04 Å². The maximum absolute atomic E-state index is 13.3. The number of nitrogens with one attached hydrogen (secondary N) is 1. The minimum absolute atomic E-state index is 0.224. The molecule has 6 nitrogen and oxygen atoms in total. The zero-order chi connectivity index (χ0) is 22.9. The van der Waals surface area contributed by atoms with Crippen LogP contribution in [-0.4, -0.2) is 16.2 Å². The van der Waals surface area contributed by atoms with Gasteiger partial charge < -0.3 is 9.84 Å². The Morgan fingerprint density at radius 1 is 1.12 bits per heavy atom. The van der Waals surface area contributed by atoms with Crippen LogP contribution in [0.25, 0.3) is 16.3 Å². The lowest BCUT2D eigenvalue weighted by molar-refractivity contribution is 0.244. The van der Waals surface area contributed by atoms with Crippen molar-refractivity contribution in [1.82, 2.24) is 15.5 Å². The molecule has 1 aliphatic rings. The summed E-state index contributed by atoms with van der Waals surface area (Å²) in [5, 5.41) is 9.89. The average molecular weight is 477 g/mol. The lowest BCUT2D eigenvalue weighted by Gasteiger charge is -2.35. The van der Waals surface area contributed by atoms with Crippen molar-refractivity contribution in [2.75, 3.05) is 4.90 Å². The summed E-state index contributed by atoms with van der Waals surface area (Å²) in [4.78, 5) is 20.5. The summed E-state index contributed by atoms with van der Waals surface area (Å²) in [7, 11) is 0. The van der Waals surface area contributed by atoms with Crippen LogP contribution in [0.2, 0.25) is 5.02 Å². The van der Waals surface area contributed by atoms with Gasteiger partial charge in [-0.1, -0.05) is 54.0 Å². The Bertz CT molecular complexity index is 1310. The zero-order valence-corrected chi connectivity index (χ0v) is 19.7. The highest BCUT2D eigenvalue weighted by Crippen LogP contribution is 2.39. The molecular formula is C25H21ClN4O2S. The molecule has 0 radical (unpaired) electrons. The number of rotatable bonds is 5. The molecule has 2 amide bonds. The normalized spacial score (nSPS) is 16.3. The number of thiophene rings is 1. The van der Waals surface area contributed by atoms with Gasteiger partial charge in [-0.2, -0.15) is 4.98 Å². The molecule has 4 aromatic rings. The molecule has 0 aliphatic carbocycles. The molecule has 0 bridgehead atoms. The predicted octanol–water partition coefficient (Wildman–Crippen LogP) is 6.72. The van der Waals surface area contributed by atoms with Gasteiger partial charge in [0.25, 0.3) is 5.89 Å². The van der Waals surface area contributed by atoms with Crippen molar-refractivity contribution in [3.05, 3.63) is 93.8 Å². The minimum Gasteiger partial charge on any atom is -0.334 e. The number of halogens is 1. The van der Waals surface area contributed by atoms with Crippen molar-refractivity contribution in [3.8, 4) is 10.7 Å². The summed E-state index contributed by atoms with van der Waals surface area (Å²) in [5.74, 6) is 0.886. The molecule has 33 heavy (non-hydrogen) atoms. The molecule has 5 rings (SSSR count). The van der Waals surface area contributed by atoms with Gasteiger partial charge in [0.2, 0.25) is 5.82 Å².